The van der Waals surface area contributed by atoms with E-state index in [1.165, 1.54) is 31.2 Å². The molecule has 7 nitrogen and oxygen atoms in total. The molecular weight excluding hydrogens is 483 g/mol. The zero-order valence-electron chi connectivity index (χ0n) is 17.9. The normalized spacial score (nSPS) is 13.3. The Bertz CT molecular complexity index is 1390. The van der Waals surface area contributed by atoms with Crippen LogP contribution in [-0.2, 0) is 15.9 Å². The number of nitrogens with zero attached hydrogens (tertiary/aromatic N) is 2. The van der Waals surface area contributed by atoms with Crippen molar-refractivity contribution in [1.29, 1.82) is 4.78 Å². The molecule has 1 heterocycles. The lowest BCUT2D eigenvalue weighted by atomic mass is 10.1. The average molecular weight is 500 g/mol. The number of amides is 1. The molecule has 0 bridgehead atoms. The van der Waals surface area contributed by atoms with Gasteiger partial charge in [-0.15, -0.1) is 10.2 Å². The SMILES string of the molecule is Cc1c(F)ccc(F)c1Oc1nnc(C(F)(F)F)c(C)c1C(=O)Nc1cccc(S(C)(=N)=O)c1. The van der Waals surface area contributed by atoms with Gasteiger partial charge in [0.2, 0.25) is 0 Å². The first kappa shape index (κ1) is 25.0. The molecule has 34 heavy (non-hydrogen) atoms. The van der Waals surface area contributed by atoms with Crippen molar-refractivity contribution in [2.75, 3.05) is 11.6 Å². The summed E-state index contributed by atoms with van der Waals surface area (Å²) >= 11 is 0. The van der Waals surface area contributed by atoms with Crippen molar-refractivity contribution in [3.05, 3.63) is 70.4 Å². The molecule has 0 radical (unpaired) electrons. The number of ether oxygens (including phenoxy) is 1. The Balaban J connectivity index is 2.13. The van der Waals surface area contributed by atoms with E-state index in [9.17, 15) is 31.0 Å². The molecule has 13 heteroatoms. The van der Waals surface area contributed by atoms with Crippen LogP contribution in [0.5, 0.6) is 11.6 Å². The monoisotopic (exact) mass is 500 g/mol. The minimum absolute atomic E-state index is 0.0214. The summed E-state index contributed by atoms with van der Waals surface area (Å²) in [5, 5.41) is 8.71. The molecule has 0 aliphatic heterocycles. The summed E-state index contributed by atoms with van der Waals surface area (Å²) in [6.07, 6.45) is -3.81. The smallest absolute Gasteiger partial charge is 0.433 e. The van der Waals surface area contributed by atoms with Gasteiger partial charge in [0, 0.05) is 22.4 Å². The van der Waals surface area contributed by atoms with E-state index in [1.807, 2.05) is 0 Å². The molecule has 3 aromatic rings. The van der Waals surface area contributed by atoms with Crippen molar-refractivity contribution < 1.29 is 35.7 Å². The summed E-state index contributed by atoms with van der Waals surface area (Å²) in [6, 6.07) is 6.94. The quantitative estimate of drug-likeness (QED) is 0.452. The summed E-state index contributed by atoms with van der Waals surface area (Å²) in [5.74, 6) is -4.48. The van der Waals surface area contributed by atoms with Gasteiger partial charge in [-0.3, -0.25) is 4.79 Å². The lowest BCUT2D eigenvalue weighted by Gasteiger charge is -2.17. The van der Waals surface area contributed by atoms with E-state index in [1.54, 1.807) is 0 Å². The number of nitrogens with one attached hydrogen (secondary N) is 2. The lowest BCUT2D eigenvalue weighted by molar-refractivity contribution is -0.142. The van der Waals surface area contributed by atoms with Gasteiger partial charge < -0.3 is 10.1 Å². The molecule has 0 aliphatic carbocycles. The van der Waals surface area contributed by atoms with Crippen molar-refractivity contribution in [2.45, 2.75) is 24.9 Å². The Morgan fingerprint density at radius 1 is 1.06 bits per heavy atom. The van der Waals surface area contributed by atoms with Crippen LogP contribution in [-0.4, -0.2) is 26.6 Å². The maximum absolute atomic E-state index is 14.3. The van der Waals surface area contributed by atoms with Crippen molar-refractivity contribution in [1.82, 2.24) is 10.2 Å². The van der Waals surface area contributed by atoms with Gasteiger partial charge in [0.05, 0.1) is 9.73 Å². The fourth-order valence-corrected chi connectivity index (χ4v) is 3.66. The van der Waals surface area contributed by atoms with Crippen LogP contribution in [0.25, 0.3) is 0 Å². The maximum atomic E-state index is 14.3. The van der Waals surface area contributed by atoms with E-state index in [4.69, 9.17) is 9.52 Å². The number of benzene rings is 2. The van der Waals surface area contributed by atoms with Crippen LogP contribution < -0.4 is 10.1 Å². The van der Waals surface area contributed by atoms with Gasteiger partial charge in [-0.2, -0.15) is 13.2 Å². The van der Waals surface area contributed by atoms with Crippen LogP contribution >= 0.6 is 0 Å². The molecule has 0 saturated heterocycles. The van der Waals surface area contributed by atoms with Gasteiger partial charge in [0.25, 0.3) is 11.8 Å². The topological polar surface area (TPSA) is 105 Å². The van der Waals surface area contributed by atoms with E-state index in [0.29, 0.717) is 0 Å². The molecule has 3 rings (SSSR count). The van der Waals surface area contributed by atoms with Crippen molar-refractivity contribution >= 4 is 21.3 Å². The van der Waals surface area contributed by atoms with E-state index < -0.39 is 61.9 Å². The summed E-state index contributed by atoms with van der Waals surface area (Å²) in [5.41, 5.74) is -3.14. The third kappa shape index (κ3) is 5.14. The first-order chi connectivity index (χ1) is 15.7. The van der Waals surface area contributed by atoms with E-state index in [0.717, 1.165) is 25.3 Å². The second-order valence-corrected chi connectivity index (χ2v) is 9.42. The fourth-order valence-electron chi connectivity index (χ4n) is 2.97. The zero-order chi connectivity index (χ0) is 25.4. The number of anilines is 1. The number of rotatable bonds is 5. The fraction of sp³-hybridized carbons (Fsp3) is 0.190. The molecule has 1 aromatic heterocycles. The highest BCUT2D eigenvalue weighted by Crippen LogP contribution is 2.36. The number of aromatic nitrogens is 2. The van der Waals surface area contributed by atoms with Crippen LogP contribution in [0.15, 0.2) is 41.3 Å². The molecule has 2 aromatic carbocycles. The molecule has 0 spiro atoms. The van der Waals surface area contributed by atoms with Gasteiger partial charge >= 0.3 is 6.18 Å². The maximum Gasteiger partial charge on any atom is 0.435 e. The number of carbonyl (C=O) groups excluding carboxylic acids is 1. The molecule has 0 fully saturated rings. The summed E-state index contributed by atoms with van der Waals surface area (Å²) < 4.78 is 93.2. The zero-order valence-corrected chi connectivity index (χ0v) is 18.7. The lowest BCUT2D eigenvalue weighted by Crippen LogP contribution is -2.21. The van der Waals surface area contributed by atoms with E-state index >= 15 is 0 Å². The number of halogens is 5. The molecule has 2 N–H and O–H groups in total. The minimum Gasteiger partial charge on any atom is -0.433 e. The third-order valence-electron chi connectivity index (χ3n) is 4.71. The average Bonchev–Trinajstić information content (AvgIpc) is 2.72. The first-order valence-corrected chi connectivity index (χ1v) is 11.4. The second kappa shape index (κ2) is 8.97. The van der Waals surface area contributed by atoms with Crippen LogP contribution in [0, 0.1) is 30.3 Å². The number of carbonyl (C=O) groups is 1. The van der Waals surface area contributed by atoms with Gasteiger partial charge in [0.1, 0.15) is 11.4 Å². The summed E-state index contributed by atoms with van der Waals surface area (Å²) in [4.78, 5) is 13.1. The molecule has 0 saturated carbocycles. The number of alkyl halides is 3. The van der Waals surface area contributed by atoms with Crippen molar-refractivity contribution in [3.8, 4) is 11.6 Å². The van der Waals surface area contributed by atoms with Gasteiger partial charge in [-0.25, -0.2) is 17.8 Å². The Morgan fingerprint density at radius 2 is 1.71 bits per heavy atom. The Morgan fingerprint density at radius 3 is 2.32 bits per heavy atom. The van der Waals surface area contributed by atoms with E-state index in [-0.39, 0.29) is 16.1 Å². The Hall–Kier alpha value is -3.61. The highest BCUT2D eigenvalue weighted by atomic mass is 32.2. The Kier molecular flexibility index (Phi) is 6.60. The van der Waals surface area contributed by atoms with E-state index in [2.05, 4.69) is 15.5 Å². The van der Waals surface area contributed by atoms with Crippen LogP contribution in [0.4, 0.5) is 27.6 Å². The predicted octanol–water partition coefficient (Wildman–Crippen LogP) is 5.47. The third-order valence-corrected chi connectivity index (χ3v) is 5.87. The second-order valence-electron chi connectivity index (χ2n) is 7.26. The van der Waals surface area contributed by atoms with Gasteiger partial charge in [0.15, 0.2) is 17.3 Å². The van der Waals surface area contributed by atoms with Crippen LogP contribution in [0.2, 0.25) is 0 Å². The first-order valence-electron chi connectivity index (χ1n) is 9.42. The minimum atomic E-state index is -4.97. The summed E-state index contributed by atoms with van der Waals surface area (Å²) in [7, 11) is -3.15. The standard InChI is InChI=1S/C21H17F5N4O3S/c1-10-14(22)7-8-15(23)17(10)33-20-16(11(2)18(29-30-20)21(24,25)26)19(31)28-12-5-4-6-13(9-12)34(3,27)32/h4-9,27H,1-3H3,(H,28,31). The molecule has 180 valence electrons. The van der Waals surface area contributed by atoms with Gasteiger partial charge in [-0.05, 0) is 49.7 Å². The molecule has 1 unspecified atom stereocenters. The number of hydrogen-bond donors (Lipinski definition) is 2. The highest BCUT2D eigenvalue weighted by Gasteiger charge is 2.38. The van der Waals surface area contributed by atoms with Crippen molar-refractivity contribution in [2.24, 2.45) is 0 Å². The molecule has 1 amide bonds. The van der Waals surface area contributed by atoms with Crippen LogP contribution in [0.1, 0.15) is 27.2 Å². The van der Waals surface area contributed by atoms with Gasteiger partial charge in [-0.1, -0.05) is 6.07 Å². The summed E-state index contributed by atoms with van der Waals surface area (Å²) in [6.45, 7) is 2.12. The van der Waals surface area contributed by atoms with Crippen molar-refractivity contribution in [3.63, 3.8) is 0 Å². The Labute approximate surface area is 190 Å². The molecule has 1 atom stereocenters. The largest absolute Gasteiger partial charge is 0.435 e. The highest BCUT2D eigenvalue weighted by molar-refractivity contribution is 7.91. The molecule has 0 aliphatic rings. The molecular formula is C21H17F5N4O3S. The number of hydrogen-bond acceptors (Lipinski definition) is 6. The van der Waals surface area contributed by atoms with Crippen LogP contribution in [0.3, 0.4) is 0 Å². The predicted molar refractivity (Wildman–Crippen MR) is 112 cm³/mol.